The van der Waals surface area contributed by atoms with Crippen molar-refractivity contribution in [2.75, 3.05) is 18.1 Å². The summed E-state index contributed by atoms with van der Waals surface area (Å²) < 4.78 is 24.3. The van der Waals surface area contributed by atoms with E-state index < -0.39 is 9.84 Å². The van der Waals surface area contributed by atoms with Crippen LogP contribution in [0.5, 0.6) is 0 Å². The van der Waals surface area contributed by atoms with E-state index >= 15 is 0 Å². The predicted octanol–water partition coefficient (Wildman–Crippen LogP) is 0.740. The summed E-state index contributed by atoms with van der Waals surface area (Å²) in [5, 5.41) is 10.6. The molecule has 8 heteroatoms. The fraction of sp³-hybridized carbons (Fsp3) is 0.400. The molecule has 0 spiro atoms. The van der Waals surface area contributed by atoms with Crippen LogP contribution in [0.3, 0.4) is 0 Å². The van der Waals surface area contributed by atoms with Crippen LogP contribution in [-0.4, -0.2) is 47.4 Å². The molecule has 1 aliphatic heterocycles. The number of aryl methyl sites for hydroxylation is 1. The smallest absolute Gasteiger partial charge is 0.273 e. The summed E-state index contributed by atoms with van der Waals surface area (Å²) in [7, 11) is -2.93. The number of hydrogen-bond acceptors (Lipinski definition) is 5. The molecule has 0 bridgehead atoms. The minimum atomic E-state index is -2.93. The Morgan fingerprint density at radius 2 is 2.09 bits per heavy atom. The second-order valence-electron chi connectivity index (χ2n) is 5.86. The highest BCUT2D eigenvalue weighted by atomic mass is 32.2. The van der Waals surface area contributed by atoms with Gasteiger partial charge in [-0.1, -0.05) is 22.9 Å². The van der Waals surface area contributed by atoms with Crippen LogP contribution < -0.4 is 5.32 Å². The summed E-state index contributed by atoms with van der Waals surface area (Å²) >= 11 is 0. The van der Waals surface area contributed by atoms with Crippen molar-refractivity contribution in [3.63, 3.8) is 0 Å². The maximum absolute atomic E-state index is 12.1. The van der Waals surface area contributed by atoms with Gasteiger partial charge in [-0.3, -0.25) is 4.79 Å². The Labute approximate surface area is 134 Å². The minimum absolute atomic E-state index is 0.0175. The zero-order valence-electron chi connectivity index (χ0n) is 12.8. The molecule has 2 heterocycles. The molecule has 0 radical (unpaired) electrons. The molecule has 2 aromatic rings. The first-order chi connectivity index (χ1) is 10.9. The first-order valence-electron chi connectivity index (χ1n) is 7.41. The third kappa shape index (κ3) is 3.76. The van der Waals surface area contributed by atoms with Crippen molar-refractivity contribution in [2.45, 2.75) is 13.3 Å². The van der Waals surface area contributed by atoms with Crippen molar-refractivity contribution < 1.29 is 13.2 Å². The number of amides is 1. The van der Waals surface area contributed by atoms with Gasteiger partial charge in [0.2, 0.25) is 0 Å². The molecule has 1 amide bonds. The van der Waals surface area contributed by atoms with Crippen LogP contribution in [0.25, 0.3) is 5.69 Å². The van der Waals surface area contributed by atoms with Gasteiger partial charge < -0.3 is 5.32 Å². The monoisotopic (exact) mass is 334 g/mol. The Bertz CT molecular complexity index is 812. The van der Waals surface area contributed by atoms with Crippen molar-refractivity contribution in [3.05, 3.63) is 41.7 Å². The van der Waals surface area contributed by atoms with Crippen molar-refractivity contribution in [3.8, 4) is 5.69 Å². The zero-order chi connectivity index (χ0) is 16.4. The molecule has 122 valence electrons. The third-order valence-electron chi connectivity index (χ3n) is 3.90. The van der Waals surface area contributed by atoms with Gasteiger partial charge in [0.05, 0.1) is 23.4 Å². The molecule has 0 aliphatic carbocycles. The Hall–Kier alpha value is -2.22. The molecule has 3 rings (SSSR count). The van der Waals surface area contributed by atoms with Crippen LogP contribution in [0, 0.1) is 12.8 Å². The molecule has 1 aromatic heterocycles. The van der Waals surface area contributed by atoms with Crippen molar-refractivity contribution in [2.24, 2.45) is 5.92 Å². The van der Waals surface area contributed by atoms with Crippen molar-refractivity contribution in [1.82, 2.24) is 20.3 Å². The topological polar surface area (TPSA) is 94.0 Å². The van der Waals surface area contributed by atoms with E-state index in [2.05, 4.69) is 15.6 Å². The van der Waals surface area contributed by atoms with Gasteiger partial charge >= 0.3 is 0 Å². The average molecular weight is 334 g/mol. The number of rotatable bonds is 4. The van der Waals surface area contributed by atoms with Crippen molar-refractivity contribution >= 4 is 15.7 Å². The number of carbonyl (C=O) groups excluding carboxylic acids is 1. The quantitative estimate of drug-likeness (QED) is 0.890. The number of carbonyl (C=O) groups is 1. The van der Waals surface area contributed by atoms with E-state index in [-0.39, 0.29) is 29.0 Å². The number of nitrogens with zero attached hydrogens (tertiary/aromatic N) is 3. The highest BCUT2D eigenvalue weighted by Crippen LogP contribution is 2.17. The molecular weight excluding hydrogens is 316 g/mol. The Morgan fingerprint density at radius 3 is 2.74 bits per heavy atom. The van der Waals surface area contributed by atoms with Gasteiger partial charge in [0.1, 0.15) is 0 Å². The van der Waals surface area contributed by atoms with Crippen LogP contribution in [0.4, 0.5) is 0 Å². The minimum Gasteiger partial charge on any atom is -0.350 e. The summed E-state index contributed by atoms with van der Waals surface area (Å²) in [6, 6.07) is 7.71. The summed E-state index contributed by atoms with van der Waals surface area (Å²) in [5.41, 5.74) is 2.17. The molecule has 1 N–H and O–H groups in total. The largest absolute Gasteiger partial charge is 0.350 e. The number of sulfone groups is 1. The predicted molar refractivity (Wildman–Crippen MR) is 85.2 cm³/mol. The van der Waals surface area contributed by atoms with Crippen molar-refractivity contribution in [1.29, 1.82) is 0 Å². The van der Waals surface area contributed by atoms with Crippen LogP contribution >= 0.6 is 0 Å². The maximum atomic E-state index is 12.1. The fourth-order valence-electron chi connectivity index (χ4n) is 2.55. The number of nitrogens with one attached hydrogen (secondary N) is 1. The Balaban J connectivity index is 1.61. The summed E-state index contributed by atoms with van der Waals surface area (Å²) in [5.74, 6) is -0.00994. The molecule has 7 nitrogen and oxygen atoms in total. The maximum Gasteiger partial charge on any atom is 0.273 e. The lowest BCUT2D eigenvalue weighted by atomic mass is 10.1. The standard InChI is InChI=1S/C15H18N4O3S/c1-11-2-4-13(5-3-11)19-9-14(17-18-19)15(20)16-8-12-6-7-23(21,22)10-12/h2-5,9,12H,6-8,10H2,1H3,(H,16,20). The molecule has 1 fully saturated rings. The normalized spacial score (nSPS) is 19.6. The van der Waals surface area contributed by atoms with Gasteiger partial charge in [-0.2, -0.15) is 0 Å². The second kappa shape index (κ2) is 6.11. The third-order valence-corrected chi connectivity index (χ3v) is 5.74. The second-order valence-corrected chi connectivity index (χ2v) is 8.09. The first-order valence-corrected chi connectivity index (χ1v) is 9.23. The fourth-order valence-corrected chi connectivity index (χ4v) is 4.41. The van der Waals surface area contributed by atoms with Gasteiger partial charge in [-0.05, 0) is 31.4 Å². The van der Waals surface area contributed by atoms with Gasteiger partial charge in [0.25, 0.3) is 5.91 Å². The van der Waals surface area contributed by atoms with Crippen LogP contribution in [-0.2, 0) is 9.84 Å². The number of hydrogen-bond donors (Lipinski definition) is 1. The lowest BCUT2D eigenvalue weighted by Crippen LogP contribution is -2.30. The van der Waals surface area contributed by atoms with E-state index in [9.17, 15) is 13.2 Å². The molecular formula is C15H18N4O3S. The lowest BCUT2D eigenvalue weighted by Gasteiger charge is -2.07. The molecule has 1 aliphatic rings. The van der Waals surface area contributed by atoms with E-state index in [1.165, 1.54) is 4.68 Å². The average Bonchev–Trinajstić information content (AvgIpc) is 3.12. The summed E-state index contributed by atoms with van der Waals surface area (Å²) in [6.07, 6.45) is 2.16. The summed E-state index contributed by atoms with van der Waals surface area (Å²) in [4.78, 5) is 12.1. The van der Waals surface area contributed by atoms with Gasteiger partial charge in [0, 0.05) is 6.54 Å². The molecule has 23 heavy (non-hydrogen) atoms. The highest BCUT2D eigenvalue weighted by Gasteiger charge is 2.28. The first kappa shape index (κ1) is 15.7. The van der Waals surface area contributed by atoms with Crippen LogP contribution in [0.15, 0.2) is 30.5 Å². The molecule has 1 aromatic carbocycles. The van der Waals surface area contributed by atoms with E-state index in [0.717, 1.165) is 11.3 Å². The van der Waals surface area contributed by atoms with Gasteiger partial charge in [-0.25, -0.2) is 13.1 Å². The van der Waals surface area contributed by atoms with Crippen LogP contribution in [0.1, 0.15) is 22.5 Å². The Kier molecular flexibility index (Phi) is 4.16. The van der Waals surface area contributed by atoms with E-state index in [0.29, 0.717) is 13.0 Å². The zero-order valence-corrected chi connectivity index (χ0v) is 13.6. The highest BCUT2D eigenvalue weighted by molar-refractivity contribution is 7.91. The van der Waals surface area contributed by atoms with E-state index in [1.807, 2.05) is 31.2 Å². The molecule has 1 atom stereocenters. The summed E-state index contributed by atoms with van der Waals surface area (Å²) in [6.45, 7) is 2.34. The van der Waals surface area contributed by atoms with Gasteiger partial charge in [-0.15, -0.1) is 5.10 Å². The van der Waals surface area contributed by atoms with Gasteiger partial charge in [0.15, 0.2) is 15.5 Å². The number of benzene rings is 1. The molecule has 1 unspecified atom stereocenters. The molecule has 0 saturated carbocycles. The molecule has 1 saturated heterocycles. The van der Waals surface area contributed by atoms with Crippen LogP contribution in [0.2, 0.25) is 0 Å². The SMILES string of the molecule is Cc1ccc(-n2cc(C(=O)NCC3CCS(=O)(=O)C3)nn2)cc1. The Morgan fingerprint density at radius 1 is 1.35 bits per heavy atom. The number of aromatic nitrogens is 3. The lowest BCUT2D eigenvalue weighted by molar-refractivity contribution is 0.0943. The van der Waals surface area contributed by atoms with E-state index in [1.54, 1.807) is 6.20 Å². The van der Waals surface area contributed by atoms with E-state index in [4.69, 9.17) is 0 Å².